The first-order valence-corrected chi connectivity index (χ1v) is 8.86. The summed E-state index contributed by atoms with van der Waals surface area (Å²) >= 11 is 6.15. The molecule has 0 radical (unpaired) electrons. The van der Waals surface area contributed by atoms with Gasteiger partial charge in [0.1, 0.15) is 11.4 Å². The molecule has 0 unspecified atom stereocenters. The molecule has 2 N–H and O–H groups in total. The van der Waals surface area contributed by atoms with Crippen LogP contribution >= 0.6 is 11.6 Å². The van der Waals surface area contributed by atoms with Crippen LogP contribution in [0.25, 0.3) is 0 Å². The molecule has 0 amide bonds. The van der Waals surface area contributed by atoms with Crippen molar-refractivity contribution in [2.45, 2.75) is 31.4 Å². The Labute approximate surface area is 151 Å². The summed E-state index contributed by atoms with van der Waals surface area (Å²) in [4.78, 5) is 10.9. The predicted octanol–water partition coefficient (Wildman–Crippen LogP) is 2.92. The fourth-order valence-electron chi connectivity index (χ4n) is 3.77. The molecule has 5 nitrogen and oxygen atoms in total. The number of fused-ring (bicyclic) bond motifs is 2. The maximum Gasteiger partial charge on any atom is 0.220 e. The topological polar surface area (TPSA) is 64.3 Å². The largest absolute Gasteiger partial charge is 0.368 e. The summed E-state index contributed by atoms with van der Waals surface area (Å²) in [5, 5.41) is 0.472. The zero-order valence-corrected chi connectivity index (χ0v) is 14.6. The molecule has 2 aliphatic rings. The number of nitrogens with two attached hydrogens (primary N) is 1. The number of hydrogen-bond acceptors (Lipinski definition) is 5. The number of aromatic nitrogens is 2. The van der Waals surface area contributed by atoms with E-state index in [-0.39, 0.29) is 11.4 Å². The molecule has 3 heterocycles. The van der Waals surface area contributed by atoms with Crippen LogP contribution in [-0.4, -0.2) is 34.6 Å². The number of nitrogen functional groups attached to an aromatic ring is 1. The van der Waals surface area contributed by atoms with Gasteiger partial charge in [-0.15, -0.1) is 0 Å². The van der Waals surface area contributed by atoms with Crippen molar-refractivity contribution in [1.82, 2.24) is 14.9 Å². The first kappa shape index (κ1) is 16.7. The number of ether oxygens (including phenoxy) is 1. The van der Waals surface area contributed by atoms with Crippen LogP contribution in [0.15, 0.2) is 24.4 Å². The third kappa shape index (κ3) is 3.21. The summed E-state index contributed by atoms with van der Waals surface area (Å²) in [7, 11) is 0. The molecule has 0 saturated carbocycles. The van der Waals surface area contributed by atoms with Crippen LogP contribution in [0, 0.1) is 5.82 Å². The summed E-state index contributed by atoms with van der Waals surface area (Å²) < 4.78 is 19.4. The van der Waals surface area contributed by atoms with Crippen LogP contribution in [0.3, 0.4) is 0 Å². The van der Waals surface area contributed by atoms with Gasteiger partial charge in [0.25, 0.3) is 0 Å². The molecule has 0 atom stereocenters. The maximum absolute atomic E-state index is 13.2. The van der Waals surface area contributed by atoms with Gasteiger partial charge in [-0.2, -0.15) is 0 Å². The average molecular weight is 363 g/mol. The van der Waals surface area contributed by atoms with Gasteiger partial charge >= 0.3 is 0 Å². The highest BCUT2D eigenvalue weighted by molar-refractivity contribution is 6.31. The second-order valence-corrected chi connectivity index (χ2v) is 7.11. The smallest absolute Gasteiger partial charge is 0.220 e. The molecule has 25 heavy (non-hydrogen) atoms. The highest BCUT2D eigenvalue weighted by Crippen LogP contribution is 2.40. The first-order chi connectivity index (χ1) is 12.1. The Morgan fingerprint density at radius 3 is 2.88 bits per heavy atom. The SMILES string of the molecule is Nc1ncc2c(n1)C1(CCN(Cc3ccc(F)cc3Cl)CC1)OCC2. The molecule has 1 saturated heterocycles. The van der Waals surface area contributed by atoms with Gasteiger partial charge in [0.15, 0.2) is 0 Å². The number of piperidine rings is 1. The lowest BCUT2D eigenvalue weighted by molar-refractivity contribution is -0.102. The van der Waals surface area contributed by atoms with E-state index in [9.17, 15) is 4.39 Å². The van der Waals surface area contributed by atoms with E-state index >= 15 is 0 Å². The van der Waals surface area contributed by atoms with E-state index in [4.69, 9.17) is 22.1 Å². The molecule has 0 aliphatic carbocycles. The molecule has 2 aliphatic heterocycles. The van der Waals surface area contributed by atoms with Crippen LogP contribution in [0.1, 0.15) is 29.7 Å². The Balaban J connectivity index is 1.49. The summed E-state index contributed by atoms with van der Waals surface area (Å²) in [6, 6.07) is 4.57. The van der Waals surface area contributed by atoms with Gasteiger partial charge in [-0.05, 0) is 42.5 Å². The van der Waals surface area contributed by atoms with Crippen molar-refractivity contribution in [3.8, 4) is 0 Å². The molecular formula is C18H20ClFN4O. The molecule has 1 fully saturated rings. The first-order valence-electron chi connectivity index (χ1n) is 8.48. The van der Waals surface area contributed by atoms with Gasteiger partial charge in [0.05, 0.1) is 12.3 Å². The monoisotopic (exact) mass is 362 g/mol. The molecule has 4 rings (SSSR count). The minimum atomic E-state index is -0.367. The number of benzene rings is 1. The Bertz CT molecular complexity index is 793. The quantitative estimate of drug-likeness (QED) is 0.889. The zero-order chi connectivity index (χ0) is 17.4. The Kier molecular flexibility index (Phi) is 4.35. The fourth-order valence-corrected chi connectivity index (χ4v) is 3.99. The van der Waals surface area contributed by atoms with Crippen LogP contribution in [0.2, 0.25) is 5.02 Å². The van der Waals surface area contributed by atoms with Crippen LogP contribution in [-0.2, 0) is 23.3 Å². The van der Waals surface area contributed by atoms with Gasteiger partial charge < -0.3 is 10.5 Å². The summed E-state index contributed by atoms with van der Waals surface area (Å²) in [5.74, 6) is -0.0139. The zero-order valence-electron chi connectivity index (χ0n) is 13.8. The van der Waals surface area contributed by atoms with Gasteiger partial charge in [0, 0.05) is 30.9 Å². The van der Waals surface area contributed by atoms with E-state index in [2.05, 4.69) is 14.9 Å². The van der Waals surface area contributed by atoms with E-state index in [1.165, 1.54) is 12.1 Å². The van der Waals surface area contributed by atoms with Gasteiger partial charge in [0.2, 0.25) is 5.95 Å². The van der Waals surface area contributed by atoms with Crippen LogP contribution in [0.5, 0.6) is 0 Å². The molecular weight excluding hydrogens is 343 g/mol. The second-order valence-electron chi connectivity index (χ2n) is 6.71. The van der Waals surface area contributed by atoms with E-state index in [0.29, 0.717) is 24.1 Å². The maximum atomic E-state index is 13.2. The van der Waals surface area contributed by atoms with Crippen molar-refractivity contribution < 1.29 is 9.13 Å². The van der Waals surface area contributed by atoms with E-state index in [1.54, 1.807) is 6.07 Å². The van der Waals surface area contributed by atoms with Gasteiger partial charge in [-0.25, -0.2) is 14.4 Å². The van der Waals surface area contributed by atoms with E-state index in [0.717, 1.165) is 49.2 Å². The third-order valence-corrected chi connectivity index (χ3v) is 5.49. The molecule has 1 spiro atoms. The lowest BCUT2D eigenvalue weighted by atomic mass is 9.83. The standard InChI is InChI=1S/C18H20ClFN4O/c19-15-9-14(20)2-1-13(15)11-24-6-4-18(5-7-24)16-12(3-8-25-18)10-22-17(21)23-16/h1-2,9-10H,3-8,11H2,(H2,21,22,23). The van der Waals surface area contributed by atoms with Crippen molar-refractivity contribution in [2.24, 2.45) is 0 Å². The average Bonchev–Trinajstić information content (AvgIpc) is 2.60. The highest BCUT2D eigenvalue weighted by atomic mass is 35.5. The number of hydrogen-bond donors (Lipinski definition) is 1. The number of halogens is 2. The predicted molar refractivity (Wildman–Crippen MR) is 93.7 cm³/mol. The molecule has 7 heteroatoms. The van der Waals surface area contributed by atoms with Gasteiger partial charge in [-0.3, -0.25) is 4.90 Å². The number of anilines is 1. The normalized spacial score (nSPS) is 19.8. The summed E-state index contributed by atoms with van der Waals surface area (Å²) in [5.41, 5.74) is 8.45. The second kappa shape index (κ2) is 6.52. The minimum Gasteiger partial charge on any atom is -0.368 e. The number of likely N-dealkylation sites (tertiary alicyclic amines) is 1. The summed E-state index contributed by atoms with van der Waals surface area (Å²) in [6.45, 7) is 3.10. The van der Waals surface area contributed by atoms with Crippen molar-refractivity contribution in [3.05, 3.63) is 52.1 Å². The van der Waals surface area contributed by atoms with Gasteiger partial charge in [-0.1, -0.05) is 17.7 Å². The minimum absolute atomic E-state index is 0.296. The van der Waals surface area contributed by atoms with Crippen molar-refractivity contribution in [2.75, 3.05) is 25.4 Å². The van der Waals surface area contributed by atoms with E-state index < -0.39 is 0 Å². The number of nitrogens with zero attached hydrogens (tertiary/aromatic N) is 3. The van der Waals surface area contributed by atoms with E-state index in [1.807, 2.05) is 6.20 Å². The molecule has 132 valence electrons. The molecule has 2 aromatic rings. The van der Waals surface area contributed by atoms with Crippen molar-refractivity contribution in [3.63, 3.8) is 0 Å². The molecule has 1 aromatic carbocycles. The third-order valence-electron chi connectivity index (χ3n) is 5.14. The Morgan fingerprint density at radius 2 is 2.12 bits per heavy atom. The fraction of sp³-hybridized carbons (Fsp3) is 0.444. The van der Waals surface area contributed by atoms with Crippen LogP contribution in [0.4, 0.5) is 10.3 Å². The molecule has 0 bridgehead atoms. The van der Waals surface area contributed by atoms with Crippen molar-refractivity contribution in [1.29, 1.82) is 0 Å². The highest BCUT2D eigenvalue weighted by Gasteiger charge is 2.42. The lowest BCUT2D eigenvalue weighted by Crippen LogP contribution is -2.47. The Hall–Kier alpha value is -1.76. The van der Waals surface area contributed by atoms with Crippen molar-refractivity contribution >= 4 is 17.5 Å². The molecule has 1 aromatic heterocycles. The lowest BCUT2D eigenvalue weighted by Gasteiger charge is -2.44. The number of rotatable bonds is 2. The van der Waals surface area contributed by atoms with Crippen LogP contribution < -0.4 is 5.73 Å². The Morgan fingerprint density at radius 1 is 1.32 bits per heavy atom. The summed E-state index contributed by atoms with van der Waals surface area (Å²) in [6.07, 6.45) is 4.34.